The lowest BCUT2D eigenvalue weighted by atomic mass is 9.98. The van der Waals surface area contributed by atoms with E-state index in [4.69, 9.17) is 29.6 Å². The summed E-state index contributed by atoms with van der Waals surface area (Å²) in [6, 6.07) is 14.0. The van der Waals surface area contributed by atoms with Gasteiger partial charge in [-0.25, -0.2) is 4.57 Å². The van der Waals surface area contributed by atoms with Crippen LogP contribution in [0.3, 0.4) is 0 Å². The minimum Gasteiger partial charge on any atom is -0.490 e. The first-order valence-corrected chi connectivity index (χ1v) is 14.9. The Hall–Kier alpha value is -2.95. The average Bonchev–Trinajstić information content (AvgIpc) is 2.94. The Bertz CT molecular complexity index is 1140. The molecule has 0 heterocycles. The third kappa shape index (κ3) is 11.7. The number of aliphatic carboxylic acids is 1. The van der Waals surface area contributed by atoms with Crippen LogP contribution in [0.15, 0.2) is 48.5 Å². The first-order chi connectivity index (χ1) is 19.2. The van der Waals surface area contributed by atoms with Gasteiger partial charge in [0, 0.05) is 12.8 Å². The van der Waals surface area contributed by atoms with Gasteiger partial charge >= 0.3 is 19.8 Å². The number of esters is 1. The van der Waals surface area contributed by atoms with Crippen molar-refractivity contribution in [3.05, 3.63) is 59.7 Å². The predicted octanol–water partition coefficient (Wildman–Crippen LogP) is 4.39. The third-order valence-electron chi connectivity index (χ3n) is 6.26. The van der Waals surface area contributed by atoms with Gasteiger partial charge in [0.15, 0.2) is 0 Å². The van der Waals surface area contributed by atoms with Crippen LogP contribution >= 0.6 is 7.82 Å². The van der Waals surface area contributed by atoms with Crippen LogP contribution in [-0.2, 0) is 41.0 Å². The summed E-state index contributed by atoms with van der Waals surface area (Å²) >= 11 is 0. The molecule has 40 heavy (non-hydrogen) atoms. The van der Waals surface area contributed by atoms with Crippen LogP contribution in [0.4, 0.5) is 0 Å². The Kier molecular flexibility index (Phi) is 12.9. The maximum atomic E-state index is 12.2. The zero-order valence-electron chi connectivity index (χ0n) is 22.4. The monoisotopic (exact) mass is 579 g/mol. The summed E-state index contributed by atoms with van der Waals surface area (Å²) in [6.07, 6.45) is 6.85. The summed E-state index contributed by atoms with van der Waals surface area (Å²) in [5.41, 5.74) is 7.07. The minimum absolute atomic E-state index is 0.0229. The van der Waals surface area contributed by atoms with Crippen LogP contribution in [0.2, 0.25) is 0 Å². The molecule has 2 atom stereocenters. The number of carbonyl (C=O) groups excluding carboxylic acids is 1. The molecule has 3 rings (SSSR count). The van der Waals surface area contributed by atoms with E-state index < -0.39 is 32.4 Å². The standard InChI is InChI=1S/C28H38NO10P/c29-25(28(31)32)20-38-40(33,34)37-17-7-16-35-27(30)15-14-22-9-4-5-13-26(22)36-19-21-8-6-12-24(18-21)39-23-10-2-1-3-11-23/h4-6,8-9,12-13,18,23,25H,1-3,7,10-11,14-17,19-20,29H2,(H,31,32)(H,33,34)/t25-/m0/s1. The van der Waals surface area contributed by atoms with E-state index in [1.165, 1.54) is 19.3 Å². The predicted molar refractivity (Wildman–Crippen MR) is 146 cm³/mol. The number of hydrogen-bond donors (Lipinski definition) is 3. The Morgan fingerprint density at radius 1 is 1.02 bits per heavy atom. The van der Waals surface area contributed by atoms with Crippen LogP contribution in [0.5, 0.6) is 11.5 Å². The van der Waals surface area contributed by atoms with E-state index >= 15 is 0 Å². The first-order valence-electron chi connectivity index (χ1n) is 13.4. The van der Waals surface area contributed by atoms with Crippen molar-refractivity contribution in [2.45, 2.75) is 70.1 Å². The number of benzene rings is 2. The quantitative estimate of drug-likeness (QED) is 0.138. The lowest BCUT2D eigenvalue weighted by molar-refractivity contribution is -0.143. The number of aryl methyl sites for hydroxylation is 1. The molecule has 1 aliphatic rings. The molecule has 0 amide bonds. The van der Waals surface area contributed by atoms with Crippen molar-refractivity contribution in [3.8, 4) is 11.5 Å². The second kappa shape index (κ2) is 16.3. The molecule has 1 aliphatic carbocycles. The van der Waals surface area contributed by atoms with Gasteiger partial charge in [0.25, 0.3) is 0 Å². The second-order valence-electron chi connectivity index (χ2n) is 9.54. The number of para-hydroxylation sites is 1. The van der Waals surface area contributed by atoms with Crippen molar-refractivity contribution in [1.29, 1.82) is 0 Å². The van der Waals surface area contributed by atoms with E-state index in [1.54, 1.807) is 0 Å². The average molecular weight is 580 g/mol. The van der Waals surface area contributed by atoms with Crippen molar-refractivity contribution in [2.75, 3.05) is 19.8 Å². The highest BCUT2D eigenvalue weighted by Crippen LogP contribution is 2.43. The number of nitrogens with two attached hydrogens (primary N) is 1. The molecule has 11 nitrogen and oxygen atoms in total. The molecule has 0 aliphatic heterocycles. The summed E-state index contributed by atoms with van der Waals surface area (Å²) < 4.78 is 38.3. The van der Waals surface area contributed by atoms with Gasteiger partial charge < -0.3 is 29.9 Å². The molecule has 2 aromatic rings. The van der Waals surface area contributed by atoms with Crippen molar-refractivity contribution >= 4 is 19.8 Å². The SMILES string of the molecule is N[C@@H](COP(=O)(O)OCCCOC(=O)CCc1ccccc1OCc1cccc(OC2CCCCC2)c1)C(=O)O. The molecule has 0 saturated heterocycles. The van der Waals surface area contributed by atoms with E-state index in [0.29, 0.717) is 18.8 Å². The molecular formula is C28H38NO10P. The highest BCUT2D eigenvalue weighted by molar-refractivity contribution is 7.47. The summed E-state index contributed by atoms with van der Waals surface area (Å²) in [6.45, 7) is -0.563. The smallest absolute Gasteiger partial charge is 0.472 e. The summed E-state index contributed by atoms with van der Waals surface area (Å²) in [7, 11) is -4.45. The Balaban J connectivity index is 1.36. The van der Waals surface area contributed by atoms with Crippen LogP contribution in [0, 0.1) is 0 Å². The number of carboxylic acid groups (broad SMARTS) is 1. The summed E-state index contributed by atoms with van der Waals surface area (Å²) in [5, 5.41) is 8.66. The molecule has 1 unspecified atom stereocenters. The van der Waals surface area contributed by atoms with Crippen LogP contribution in [0.1, 0.15) is 56.1 Å². The highest BCUT2D eigenvalue weighted by Gasteiger charge is 2.24. The van der Waals surface area contributed by atoms with E-state index in [2.05, 4.69) is 4.52 Å². The maximum Gasteiger partial charge on any atom is 0.472 e. The highest BCUT2D eigenvalue weighted by atomic mass is 31.2. The van der Waals surface area contributed by atoms with Gasteiger partial charge in [-0.15, -0.1) is 0 Å². The number of phosphoric acid groups is 1. The van der Waals surface area contributed by atoms with Crippen molar-refractivity contribution in [2.24, 2.45) is 5.73 Å². The molecule has 0 radical (unpaired) electrons. The fourth-order valence-corrected chi connectivity index (χ4v) is 4.90. The van der Waals surface area contributed by atoms with E-state index in [0.717, 1.165) is 29.7 Å². The summed E-state index contributed by atoms with van der Waals surface area (Å²) in [4.78, 5) is 32.3. The molecule has 220 valence electrons. The van der Waals surface area contributed by atoms with Gasteiger partial charge in [-0.05, 0) is 61.4 Å². The van der Waals surface area contributed by atoms with Gasteiger partial charge in [-0.3, -0.25) is 18.6 Å². The molecule has 0 bridgehead atoms. The molecule has 12 heteroatoms. The van der Waals surface area contributed by atoms with Gasteiger partial charge in [0.1, 0.15) is 24.1 Å². The molecule has 0 spiro atoms. The minimum atomic E-state index is -4.45. The van der Waals surface area contributed by atoms with Crippen molar-refractivity contribution in [3.63, 3.8) is 0 Å². The zero-order valence-corrected chi connectivity index (χ0v) is 23.3. The molecule has 2 aromatic carbocycles. The number of carboxylic acids is 1. The number of phosphoric ester groups is 1. The number of hydrogen-bond acceptors (Lipinski definition) is 9. The summed E-state index contributed by atoms with van der Waals surface area (Å²) in [5.74, 6) is -0.265. The molecule has 0 aromatic heterocycles. The van der Waals surface area contributed by atoms with Gasteiger partial charge in [0.2, 0.25) is 0 Å². The first kappa shape index (κ1) is 31.6. The molecular weight excluding hydrogens is 541 g/mol. The lowest BCUT2D eigenvalue weighted by Crippen LogP contribution is -2.34. The van der Waals surface area contributed by atoms with Gasteiger partial charge in [0.05, 0.1) is 25.9 Å². The Morgan fingerprint density at radius 2 is 1.80 bits per heavy atom. The number of carbonyl (C=O) groups is 2. The van der Waals surface area contributed by atoms with Crippen LogP contribution in [0.25, 0.3) is 0 Å². The van der Waals surface area contributed by atoms with Gasteiger partial charge in [-0.2, -0.15) is 0 Å². The fraction of sp³-hybridized carbons (Fsp3) is 0.500. The third-order valence-corrected chi connectivity index (χ3v) is 7.24. The van der Waals surface area contributed by atoms with Crippen LogP contribution < -0.4 is 15.2 Å². The topological polar surface area (TPSA) is 164 Å². The normalized spacial score (nSPS) is 16.1. The number of ether oxygens (including phenoxy) is 3. The van der Waals surface area contributed by atoms with Crippen LogP contribution in [-0.4, -0.2) is 53.9 Å². The number of rotatable bonds is 17. The second-order valence-corrected chi connectivity index (χ2v) is 11.0. The van der Waals surface area contributed by atoms with Crippen molar-refractivity contribution in [1.82, 2.24) is 0 Å². The molecule has 1 saturated carbocycles. The largest absolute Gasteiger partial charge is 0.490 e. The zero-order chi connectivity index (χ0) is 28.8. The van der Waals surface area contributed by atoms with E-state index in [9.17, 15) is 19.0 Å². The van der Waals surface area contributed by atoms with E-state index in [-0.39, 0.29) is 32.2 Å². The molecule has 1 fully saturated rings. The van der Waals surface area contributed by atoms with Crippen molar-refractivity contribution < 1.29 is 47.4 Å². The fourth-order valence-electron chi connectivity index (χ4n) is 4.11. The maximum absolute atomic E-state index is 12.2. The Morgan fingerprint density at radius 3 is 2.58 bits per heavy atom. The van der Waals surface area contributed by atoms with Gasteiger partial charge in [-0.1, -0.05) is 36.8 Å². The van der Waals surface area contributed by atoms with E-state index in [1.807, 2.05) is 48.5 Å². The Labute approximate surface area is 234 Å². The lowest BCUT2D eigenvalue weighted by Gasteiger charge is -2.23. The molecule has 4 N–H and O–H groups in total.